The minimum atomic E-state index is 0.287. The summed E-state index contributed by atoms with van der Waals surface area (Å²) in [6.07, 6.45) is 5.08. The summed E-state index contributed by atoms with van der Waals surface area (Å²) in [5.41, 5.74) is 1.97. The molecular formula is C13H17NO. The van der Waals surface area contributed by atoms with E-state index in [1.807, 2.05) is 32.0 Å². The van der Waals surface area contributed by atoms with Crippen molar-refractivity contribution in [3.63, 3.8) is 0 Å². The number of oxime groups is 1. The monoisotopic (exact) mass is 203 g/mol. The molecule has 1 aromatic rings. The van der Waals surface area contributed by atoms with Gasteiger partial charge in [0.05, 0.1) is 5.71 Å². The van der Waals surface area contributed by atoms with Gasteiger partial charge in [-0.15, -0.1) is 0 Å². The molecule has 0 aliphatic carbocycles. The summed E-state index contributed by atoms with van der Waals surface area (Å²) >= 11 is 0. The molecule has 0 spiro atoms. The summed E-state index contributed by atoms with van der Waals surface area (Å²) in [6, 6.07) is 10.2. The molecule has 2 nitrogen and oxygen atoms in total. The molecular weight excluding hydrogens is 186 g/mol. The first-order chi connectivity index (χ1) is 7.24. The van der Waals surface area contributed by atoms with Crippen LogP contribution in [-0.2, 0) is 0 Å². The van der Waals surface area contributed by atoms with Crippen molar-refractivity contribution in [1.29, 1.82) is 0 Å². The molecule has 1 aromatic carbocycles. The molecule has 0 radical (unpaired) electrons. The van der Waals surface area contributed by atoms with Gasteiger partial charge in [0.15, 0.2) is 0 Å². The highest BCUT2D eigenvalue weighted by molar-refractivity contribution is 5.83. The number of rotatable bonds is 4. The van der Waals surface area contributed by atoms with Crippen LogP contribution in [0.1, 0.15) is 25.8 Å². The van der Waals surface area contributed by atoms with Gasteiger partial charge in [0.1, 0.15) is 0 Å². The van der Waals surface area contributed by atoms with E-state index >= 15 is 0 Å². The number of allylic oxidation sites excluding steroid dienone is 1. The fourth-order valence-electron chi connectivity index (χ4n) is 1.24. The van der Waals surface area contributed by atoms with Crippen molar-refractivity contribution in [3.8, 4) is 0 Å². The van der Waals surface area contributed by atoms with Gasteiger partial charge in [-0.25, -0.2) is 0 Å². The van der Waals surface area contributed by atoms with Crippen molar-refractivity contribution in [2.75, 3.05) is 0 Å². The van der Waals surface area contributed by atoms with Crippen molar-refractivity contribution in [2.45, 2.75) is 20.3 Å². The van der Waals surface area contributed by atoms with Crippen LogP contribution < -0.4 is 0 Å². The molecule has 1 rings (SSSR count). The fourth-order valence-corrected chi connectivity index (χ4v) is 1.24. The lowest BCUT2D eigenvalue weighted by Gasteiger charge is -2.05. The van der Waals surface area contributed by atoms with E-state index < -0.39 is 0 Å². The molecule has 2 heteroatoms. The van der Waals surface area contributed by atoms with Crippen LogP contribution in [0.15, 0.2) is 41.6 Å². The van der Waals surface area contributed by atoms with E-state index in [9.17, 15) is 0 Å². The lowest BCUT2D eigenvalue weighted by atomic mass is 10.0. The maximum absolute atomic E-state index is 8.59. The summed E-state index contributed by atoms with van der Waals surface area (Å²) in [6.45, 7) is 3.88. The summed E-state index contributed by atoms with van der Waals surface area (Å²) in [4.78, 5) is 0. The molecule has 0 fully saturated rings. The smallest absolute Gasteiger partial charge is 0.0571 e. The number of hydrogen-bond donors (Lipinski definition) is 1. The van der Waals surface area contributed by atoms with E-state index in [2.05, 4.69) is 29.4 Å². The van der Waals surface area contributed by atoms with Crippen LogP contribution >= 0.6 is 0 Å². The van der Waals surface area contributed by atoms with Crippen molar-refractivity contribution in [1.82, 2.24) is 0 Å². The predicted octanol–water partition coefficient (Wildman–Crippen LogP) is 3.58. The van der Waals surface area contributed by atoms with Crippen LogP contribution in [0.4, 0.5) is 0 Å². The first kappa shape index (κ1) is 11.5. The average molecular weight is 203 g/mol. The number of nitrogens with zero attached hydrogens (tertiary/aromatic N) is 1. The van der Waals surface area contributed by atoms with E-state index in [4.69, 9.17) is 5.21 Å². The van der Waals surface area contributed by atoms with Gasteiger partial charge < -0.3 is 5.21 Å². The third-order valence-electron chi connectivity index (χ3n) is 2.47. The summed E-state index contributed by atoms with van der Waals surface area (Å²) < 4.78 is 0. The topological polar surface area (TPSA) is 32.6 Å². The van der Waals surface area contributed by atoms with Gasteiger partial charge in [-0.2, -0.15) is 0 Å². The molecule has 1 N–H and O–H groups in total. The predicted molar refractivity (Wildman–Crippen MR) is 64.2 cm³/mol. The Hall–Kier alpha value is -1.57. The highest BCUT2D eigenvalue weighted by Gasteiger charge is 2.02. The van der Waals surface area contributed by atoms with E-state index in [0.29, 0.717) is 0 Å². The van der Waals surface area contributed by atoms with Gasteiger partial charge in [0.2, 0.25) is 0 Å². The molecule has 0 aliphatic heterocycles. The van der Waals surface area contributed by atoms with Crippen LogP contribution in [0, 0.1) is 5.92 Å². The Balaban J connectivity index is 2.47. The molecule has 1 unspecified atom stereocenters. The molecule has 0 aromatic heterocycles. The minimum Gasteiger partial charge on any atom is -0.411 e. The normalized spacial score (nSPS) is 14.4. The first-order valence-corrected chi connectivity index (χ1v) is 5.14. The standard InChI is InChI=1S/C13H17NO/c1-11(12(2)14-15)7-6-10-13-8-4-3-5-9-13/h3-6,8-11,15H,7H2,1-2H3/b10-6?,14-12+. The summed E-state index contributed by atoms with van der Waals surface area (Å²) in [5.74, 6) is 0.287. The highest BCUT2D eigenvalue weighted by Crippen LogP contribution is 2.08. The fraction of sp³-hybridized carbons (Fsp3) is 0.308. The molecule has 0 bridgehead atoms. The zero-order valence-corrected chi connectivity index (χ0v) is 9.22. The Morgan fingerprint density at radius 1 is 1.40 bits per heavy atom. The van der Waals surface area contributed by atoms with Crippen LogP contribution in [0.3, 0.4) is 0 Å². The van der Waals surface area contributed by atoms with Gasteiger partial charge in [0, 0.05) is 5.92 Å². The van der Waals surface area contributed by atoms with Crippen LogP contribution in [0.5, 0.6) is 0 Å². The summed E-state index contributed by atoms with van der Waals surface area (Å²) in [5, 5.41) is 11.8. The number of benzene rings is 1. The molecule has 0 saturated heterocycles. The zero-order valence-electron chi connectivity index (χ0n) is 9.22. The maximum Gasteiger partial charge on any atom is 0.0571 e. The maximum atomic E-state index is 8.59. The Morgan fingerprint density at radius 3 is 2.67 bits per heavy atom. The Labute approximate surface area is 90.9 Å². The Bertz CT molecular complexity index is 341. The molecule has 0 aliphatic rings. The zero-order chi connectivity index (χ0) is 11.1. The van der Waals surface area contributed by atoms with Gasteiger partial charge in [0.25, 0.3) is 0 Å². The molecule has 0 saturated carbocycles. The van der Waals surface area contributed by atoms with Crippen molar-refractivity contribution < 1.29 is 5.21 Å². The van der Waals surface area contributed by atoms with E-state index in [-0.39, 0.29) is 5.92 Å². The van der Waals surface area contributed by atoms with Gasteiger partial charge in [-0.3, -0.25) is 0 Å². The van der Waals surface area contributed by atoms with Crippen LogP contribution in [0.25, 0.3) is 6.08 Å². The minimum absolute atomic E-state index is 0.287. The lowest BCUT2D eigenvalue weighted by Crippen LogP contribution is -2.05. The van der Waals surface area contributed by atoms with Gasteiger partial charge in [-0.05, 0) is 18.9 Å². The van der Waals surface area contributed by atoms with E-state index in [1.54, 1.807) is 0 Å². The van der Waals surface area contributed by atoms with E-state index in [1.165, 1.54) is 5.56 Å². The quantitative estimate of drug-likeness (QED) is 0.453. The van der Waals surface area contributed by atoms with Gasteiger partial charge in [-0.1, -0.05) is 54.6 Å². The second-order valence-corrected chi connectivity index (χ2v) is 3.69. The SMILES string of the molecule is C/C(=N\O)C(C)CC=Cc1ccccc1. The third-order valence-corrected chi connectivity index (χ3v) is 2.47. The summed E-state index contributed by atoms with van der Waals surface area (Å²) in [7, 11) is 0. The molecule has 15 heavy (non-hydrogen) atoms. The van der Waals surface area contributed by atoms with E-state index in [0.717, 1.165) is 12.1 Å². The van der Waals surface area contributed by atoms with Crippen LogP contribution in [0.2, 0.25) is 0 Å². The van der Waals surface area contributed by atoms with Gasteiger partial charge >= 0.3 is 0 Å². The average Bonchev–Trinajstić information content (AvgIpc) is 2.29. The van der Waals surface area contributed by atoms with Crippen LogP contribution in [-0.4, -0.2) is 10.9 Å². The third kappa shape index (κ3) is 3.98. The molecule has 0 heterocycles. The number of hydrogen-bond acceptors (Lipinski definition) is 2. The second-order valence-electron chi connectivity index (χ2n) is 3.69. The first-order valence-electron chi connectivity index (χ1n) is 5.14. The molecule has 80 valence electrons. The highest BCUT2D eigenvalue weighted by atomic mass is 16.4. The molecule has 1 atom stereocenters. The lowest BCUT2D eigenvalue weighted by molar-refractivity contribution is 0.315. The van der Waals surface area contributed by atoms with Crippen molar-refractivity contribution in [3.05, 3.63) is 42.0 Å². The Kier molecular flexibility index (Phi) is 4.61. The second kappa shape index (κ2) is 6.02. The molecule has 0 amide bonds. The van der Waals surface area contributed by atoms with Crippen molar-refractivity contribution in [2.24, 2.45) is 11.1 Å². The Morgan fingerprint density at radius 2 is 2.07 bits per heavy atom. The largest absolute Gasteiger partial charge is 0.411 e. The van der Waals surface area contributed by atoms with Crippen molar-refractivity contribution >= 4 is 11.8 Å².